The molecule has 156 valence electrons. The Balaban J connectivity index is 1.78. The fourth-order valence-electron chi connectivity index (χ4n) is 4.22. The van der Waals surface area contributed by atoms with E-state index in [9.17, 15) is 23.4 Å². The minimum absolute atomic E-state index is 0.00350. The Morgan fingerprint density at radius 1 is 1.21 bits per heavy atom. The molecule has 2 aliphatic rings. The number of fused-ring (bicyclic) bond motifs is 1. The SMILES string of the molecule is Cc1cc(O)c(-c2cc3c(nn2)N([C@@H]2CCOC[C@H]2O)C[C@H]3C)c(C(F)(F)F)c1. The molecule has 29 heavy (non-hydrogen) atoms. The summed E-state index contributed by atoms with van der Waals surface area (Å²) in [6.45, 7) is 4.80. The zero-order chi connectivity index (χ0) is 20.9. The summed E-state index contributed by atoms with van der Waals surface area (Å²) in [4.78, 5) is 1.96. The molecule has 0 aliphatic carbocycles. The molecular weight excluding hydrogens is 387 g/mol. The molecule has 1 aromatic carbocycles. The number of hydrogen-bond donors (Lipinski definition) is 2. The fourth-order valence-corrected chi connectivity index (χ4v) is 4.22. The average molecular weight is 409 g/mol. The summed E-state index contributed by atoms with van der Waals surface area (Å²) in [5.41, 5.74) is -0.265. The van der Waals surface area contributed by atoms with Crippen molar-refractivity contribution in [3.05, 3.63) is 34.9 Å². The summed E-state index contributed by atoms with van der Waals surface area (Å²) in [7, 11) is 0. The maximum Gasteiger partial charge on any atom is 0.417 e. The van der Waals surface area contributed by atoms with Gasteiger partial charge in [0.25, 0.3) is 0 Å². The fraction of sp³-hybridized carbons (Fsp3) is 0.500. The summed E-state index contributed by atoms with van der Waals surface area (Å²) in [5.74, 6) is 0.0810. The van der Waals surface area contributed by atoms with Crippen LogP contribution in [0, 0.1) is 6.92 Å². The van der Waals surface area contributed by atoms with Gasteiger partial charge >= 0.3 is 6.18 Å². The van der Waals surface area contributed by atoms with Crippen LogP contribution >= 0.6 is 0 Å². The van der Waals surface area contributed by atoms with Gasteiger partial charge in [-0.05, 0) is 37.1 Å². The van der Waals surface area contributed by atoms with Gasteiger partial charge in [0.1, 0.15) is 5.75 Å². The van der Waals surface area contributed by atoms with Gasteiger partial charge in [0.15, 0.2) is 5.82 Å². The molecular formula is C20H22F3N3O3. The Labute approximate surface area is 165 Å². The van der Waals surface area contributed by atoms with Crippen LogP contribution in [0.15, 0.2) is 18.2 Å². The van der Waals surface area contributed by atoms with Gasteiger partial charge in [-0.1, -0.05) is 6.92 Å². The normalized spacial score (nSPS) is 24.6. The highest BCUT2D eigenvalue weighted by Gasteiger charge is 2.39. The molecule has 0 spiro atoms. The van der Waals surface area contributed by atoms with Crippen LogP contribution in [0.3, 0.4) is 0 Å². The van der Waals surface area contributed by atoms with E-state index < -0.39 is 23.6 Å². The van der Waals surface area contributed by atoms with E-state index in [2.05, 4.69) is 10.2 Å². The van der Waals surface area contributed by atoms with Crippen molar-refractivity contribution in [3.8, 4) is 17.0 Å². The first-order valence-electron chi connectivity index (χ1n) is 9.48. The van der Waals surface area contributed by atoms with Crippen LogP contribution in [0.2, 0.25) is 0 Å². The highest BCUT2D eigenvalue weighted by atomic mass is 19.4. The molecule has 3 atom stereocenters. The van der Waals surface area contributed by atoms with Gasteiger partial charge in [-0.15, -0.1) is 10.2 Å². The predicted molar refractivity (Wildman–Crippen MR) is 99.9 cm³/mol. The number of aryl methyl sites for hydroxylation is 1. The molecule has 2 aliphatic heterocycles. The molecule has 6 nitrogen and oxygen atoms in total. The minimum Gasteiger partial charge on any atom is -0.507 e. The Morgan fingerprint density at radius 2 is 1.97 bits per heavy atom. The number of aliphatic hydroxyl groups is 1. The molecule has 0 unspecified atom stereocenters. The number of halogens is 3. The molecule has 0 amide bonds. The molecule has 3 heterocycles. The highest BCUT2D eigenvalue weighted by Crippen LogP contribution is 2.44. The van der Waals surface area contributed by atoms with Gasteiger partial charge in [-0.2, -0.15) is 13.2 Å². The van der Waals surface area contributed by atoms with Crippen molar-refractivity contribution in [1.82, 2.24) is 10.2 Å². The zero-order valence-corrected chi connectivity index (χ0v) is 16.1. The van der Waals surface area contributed by atoms with Gasteiger partial charge in [0.05, 0.1) is 35.6 Å². The van der Waals surface area contributed by atoms with Gasteiger partial charge in [0, 0.05) is 24.6 Å². The monoisotopic (exact) mass is 409 g/mol. The van der Waals surface area contributed by atoms with Crippen molar-refractivity contribution in [2.75, 3.05) is 24.7 Å². The molecule has 1 fully saturated rings. The van der Waals surface area contributed by atoms with E-state index in [4.69, 9.17) is 4.74 Å². The summed E-state index contributed by atoms with van der Waals surface area (Å²) < 4.78 is 46.0. The first-order valence-corrected chi connectivity index (χ1v) is 9.48. The van der Waals surface area contributed by atoms with E-state index in [1.165, 1.54) is 13.0 Å². The van der Waals surface area contributed by atoms with Crippen LogP contribution in [0.5, 0.6) is 5.75 Å². The third-order valence-corrected chi connectivity index (χ3v) is 5.59. The van der Waals surface area contributed by atoms with E-state index >= 15 is 0 Å². The second-order valence-electron chi connectivity index (χ2n) is 7.76. The molecule has 0 radical (unpaired) electrons. The molecule has 2 N–H and O–H groups in total. The third kappa shape index (κ3) is 3.53. The molecule has 0 saturated carbocycles. The van der Waals surface area contributed by atoms with Crippen molar-refractivity contribution in [3.63, 3.8) is 0 Å². The lowest BCUT2D eigenvalue weighted by Crippen LogP contribution is -2.49. The molecule has 1 aromatic heterocycles. The number of hydrogen-bond acceptors (Lipinski definition) is 6. The smallest absolute Gasteiger partial charge is 0.417 e. The molecule has 2 aromatic rings. The van der Waals surface area contributed by atoms with E-state index in [0.29, 0.717) is 31.0 Å². The van der Waals surface area contributed by atoms with E-state index in [1.807, 2.05) is 11.8 Å². The number of anilines is 1. The number of ether oxygens (including phenoxy) is 1. The van der Waals surface area contributed by atoms with Gasteiger partial charge in [-0.3, -0.25) is 0 Å². The van der Waals surface area contributed by atoms with Crippen LogP contribution in [0.25, 0.3) is 11.3 Å². The molecule has 9 heteroatoms. The average Bonchev–Trinajstić information content (AvgIpc) is 2.97. The number of aliphatic hydroxyl groups excluding tert-OH is 1. The Bertz CT molecular complexity index is 935. The van der Waals surface area contributed by atoms with E-state index in [-0.39, 0.29) is 29.8 Å². The van der Waals surface area contributed by atoms with E-state index in [1.54, 1.807) is 6.07 Å². The lowest BCUT2D eigenvalue weighted by molar-refractivity contribution is -0.137. The summed E-state index contributed by atoms with van der Waals surface area (Å²) >= 11 is 0. The Kier molecular flexibility index (Phi) is 4.90. The second kappa shape index (κ2) is 7.14. The van der Waals surface area contributed by atoms with Crippen molar-refractivity contribution < 1.29 is 28.1 Å². The standard InChI is InChI=1S/C20H22F3N3O3/c1-10-5-13(20(21,22)23)18(16(27)6-10)14-7-12-11(2)8-26(19(12)25-24-14)15-3-4-29-9-17(15)28/h5-7,11,15,17,27-28H,3-4,8-9H2,1-2H3/t11-,15-,17-/m1/s1. The number of aromatic hydroxyl groups is 1. The number of benzene rings is 1. The maximum atomic E-state index is 13.6. The van der Waals surface area contributed by atoms with Crippen molar-refractivity contribution >= 4 is 5.82 Å². The number of alkyl halides is 3. The number of rotatable bonds is 2. The first kappa shape index (κ1) is 19.9. The van der Waals surface area contributed by atoms with Crippen LogP contribution in [-0.4, -0.2) is 52.3 Å². The van der Waals surface area contributed by atoms with Crippen molar-refractivity contribution in [2.24, 2.45) is 0 Å². The summed E-state index contributed by atoms with van der Waals surface area (Å²) in [6, 6.07) is 3.68. The van der Waals surface area contributed by atoms with Crippen molar-refractivity contribution in [1.29, 1.82) is 0 Å². The molecule has 4 rings (SSSR count). The number of aromatic nitrogens is 2. The minimum atomic E-state index is -4.64. The highest BCUT2D eigenvalue weighted by molar-refractivity contribution is 5.74. The zero-order valence-electron chi connectivity index (χ0n) is 16.1. The van der Waals surface area contributed by atoms with Crippen LogP contribution < -0.4 is 4.90 Å². The van der Waals surface area contributed by atoms with Crippen LogP contribution in [0.1, 0.15) is 36.0 Å². The van der Waals surface area contributed by atoms with Crippen molar-refractivity contribution in [2.45, 2.75) is 44.5 Å². The lowest BCUT2D eigenvalue weighted by atomic mass is 9.97. The summed E-state index contributed by atoms with van der Waals surface area (Å²) in [5, 5.41) is 28.8. The second-order valence-corrected chi connectivity index (χ2v) is 7.76. The van der Waals surface area contributed by atoms with Gasteiger partial charge in [0.2, 0.25) is 0 Å². The van der Waals surface area contributed by atoms with Gasteiger partial charge < -0.3 is 19.8 Å². The molecule has 0 bridgehead atoms. The number of phenols is 1. The quantitative estimate of drug-likeness (QED) is 0.793. The maximum absolute atomic E-state index is 13.6. The number of nitrogens with zero attached hydrogens (tertiary/aromatic N) is 3. The largest absolute Gasteiger partial charge is 0.507 e. The van der Waals surface area contributed by atoms with Crippen LogP contribution in [0.4, 0.5) is 19.0 Å². The Morgan fingerprint density at radius 3 is 2.66 bits per heavy atom. The third-order valence-electron chi connectivity index (χ3n) is 5.59. The Hall–Kier alpha value is -2.39. The lowest BCUT2D eigenvalue weighted by Gasteiger charge is -2.36. The number of phenolic OH excluding ortho intramolecular Hbond substituents is 1. The topological polar surface area (TPSA) is 78.7 Å². The van der Waals surface area contributed by atoms with Crippen LogP contribution in [-0.2, 0) is 10.9 Å². The first-order chi connectivity index (χ1) is 13.7. The van der Waals surface area contributed by atoms with E-state index in [0.717, 1.165) is 11.6 Å². The molecule has 1 saturated heterocycles. The van der Waals surface area contributed by atoms with Gasteiger partial charge in [-0.25, -0.2) is 0 Å². The predicted octanol–water partition coefficient (Wildman–Crippen LogP) is 3.25. The summed E-state index contributed by atoms with van der Waals surface area (Å²) in [6.07, 6.45) is -4.67.